The van der Waals surface area contributed by atoms with Crippen LogP contribution in [0.3, 0.4) is 0 Å². The molecule has 7 heteroatoms. The van der Waals surface area contributed by atoms with Gasteiger partial charge in [0.25, 0.3) is 5.91 Å². The summed E-state index contributed by atoms with van der Waals surface area (Å²) in [6.45, 7) is 1.59. The van der Waals surface area contributed by atoms with E-state index in [-0.39, 0.29) is 13.0 Å². The predicted octanol–water partition coefficient (Wildman–Crippen LogP) is 0.763. The minimum absolute atomic E-state index is 0.0151. The highest BCUT2D eigenvalue weighted by Gasteiger charge is 2.10. The Morgan fingerprint density at radius 3 is 2.67 bits per heavy atom. The summed E-state index contributed by atoms with van der Waals surface area (Å²) < 4.78 is 10.1. The molecule has 0 bridgehead atoms. The molecule has 114 valence electrons. The van der Waals surface area contributed by atoms with Crippen LogP contribution < -0.4 is 15.4 Å². The summed E-state index contributed by atoms with van der Waals surface area (Å²) in [5, 5.41) is 4.18. The number of benzene rings is 1. The van der Waals surface area contributed by atoms with E-state index in [1.165, 1.54) is 7.05 Å². The molecule has 0 unspecified atom stereocenters. The van der Waals surface area contributed by atoms with E-state index in [1.807, 2.05) is 30.4 Å². The van der Waals surface area contributed by atoms with Gasteiger partial charge in [0.2, 0.25) is 0 Å². The largest absolute Gasteiger partial charge is 0.493 e. The van der Waals surface area contributed by atoms with Gasteiger partial charge in [0.05, 0.1) is 13.0 Å². The molecule has 0 heterocycles. The van der Waals surface area contributed by atoms with Gasteiger partial charge in [-0.25, -0.2) is 4.79 Å². The number of aryl methyl sites for hydroxylation is 1. The lowest BCUT2D eigenvalue weighted by molar-refractivity contribution is -0.148. The van der Waals surface area contributed by atoms with Crippen LogP contribution in [0.15, 0.2) is 24.3 Å². The van der Waals surface area contributed by atoms with E-state index in [0.29, 0.717) is 5.75 Å². The van der Waals surface area contributed by atoms with Crippen LogP contribution in [0.25, 0.3) is 0 Å². The zero-order valence-corrected chi connectivity index (χ0v) is 12.0. The Morgan fingerprint density at radius 1 is 1.24 bits per heavy atom. The fourth-order valence-corrected chi connectivity index (χ4v) is 1.40. The SMILES string of the molecule is CNC(=O)NC(=O)COC(=O)CCOc1cccc(C)c1. The standard InChI is InChI=1S/C14H18N2O5/c1-10-4-3-5-11(8-10)20-7-6-13(18)21-9-12(17)16-14(19)15-2/h3-5,8H,6-7,9H2,1-2H3,(H2,15,16,17,19). The van der Waals surface area contributed by atoms with Crippen LogP contribution in [0.4, 0.5) is 4.79 Å². The monoisotopic (exact) mass is 294 g/mol. The summed E-state index contributed by atoms with van der Waals surface area (Å²) >= 11 is 0. The fourth-order valence-electron chi connectivity index (χ4n) is 1.40. The van der Waals surface area contributed by atoms with E-state index >= 15 is 0 Å². The first kappa shape index (κ1) is 16.5. The fraction of sp³-hybridized carbons (Fsp3) is 0.357. The second-order valence-corrected chi connectivity index (χ2v) is 4.20. The molecule has 0 saturated carbocycles. The van der Waals surface area contributed by atoms with Crippen LogP contribution >= 0.6 is 0 Å². The summed E-state index contributed by atoms with van der Waals surface area (Å²) in [7, 11) is 1.37. The van der Waals surface area contributed by atoms with E-state index in [4.69, 9.17) is 9.47 Å². The van der Waals surface area contributed by atoms with E-state index in [1.54, 1.807) is 6.07 Å². The molecule has 1 aromatic rings. The number of ether oxygens (including phenoxy) is 2. The van der Waals surface area contributed by atoms with Crippen molar-refractivity contribution in [1.29, 1.82) is 0 Å². The smallest absolute Gasteiger partial charge is 0.321 e. The van der Waals surface area contributed by atoms with Gasteiger partial charge in [-0.3, -0.25) is 14.9 Å². The molecule has 1 aromatic carbocycles. The predicted molar refractivity (Wildman–Crippen MR) is 74.8 cm³/mol. The number of rotatable bonds is 6. The van der Waals surface area contributed by atoms with Crippen molar-refractivity contribution in [3.05, 3.63) is 29.8 Å². The van der Waals surface area contributed by atoms with E-state index in [9.17, 15) is 14.4 Å². The number of hydrogen-bond donors (Lipinski definition) is 2. The number of hydrogen-bond acceptors (Lipinski definition) is 5. The van der Waals surface area contributed by atoms with Gasteiger partial charge in [-0.2, -0.15) is 0 Å². The van der Waals surface area contributed by atoms with E-state index in [2.05, 4.69) is 5.32 Å². The first-order valence-corrected chi connectivity index (χ1v) is 6.38. The van der Waals surface area contributed by atoms with E-state index in [0.717, 1.165) is 5.56 Å². The topological polar surface area (TPSA) is 93.7 Å². The van der Waals surface area contributed by atoms with Crippen molar-refractivity contribution < 1.29 is 23.9 Å². The average molecular weight is 294 g/mol. The molecule has 0 aliphatic carbocycles. The number of carbonyl (C=O) groups is 3. The number of imide groups is 1. The van der Waals surface area contributed by atoms with Gasteiger partial charge in [0, 0.05) is 7.05 Å². The number of amides is 3. The van der Waals surface area contributed by atoms with Gasteiger partial charge in [0.15, 0.2) is 6.61 Å². The van der Waals surface area contributed by atoms with Crippen molar-refractivity contribution in [3.8, 4) is 5.75 Å². The molecule has 2 N–H and O–H groups in total. The first-order chi connectivity index (χ1) is 10.0. The van der Waals surface area contributed by atoms with Crippen molar-refractivity contribution in [2.45, 2.75) is 13.3 Å². The third-order valence-electron chi connectivity index (χ3n) is 2.41. The van der Waals surface area contributed by atoms with Gasteiger partial charge < -0.3 is 14.8 Å². The van der Waals surface area contributed by atoms with Crippen molar-refractivity contribution in [2.24, 2.45) is 0 Å². The highest BCUT2D eigenvalue weighted by atomic mass is 16.5. The Hall–Kier alpha value is -2.57. The summed E-state index contributed by atoms with van der Waals surface area (Å²) in [5.41, 5.74) is 1.06. The Morgan fingerprint density at radius 2 is 2.00 bits per heavy atom. The average Bonchev–Trinajstić information content (AvgIpc) is 2.45. The van der Waals surface area contributed by atoms with Crippen LogP contribution in [-0.2, 0) is 14.3 Å². The Balaban J connectivity index is 2.19. The molecule has 0 aliphatic rings. The summed E-state index contributed by atoms with van der Waals surface area (Å²) in [6.07, 6.45) is 0.0151. The minimum Gasteiger partial charge on any atom is -0.493 e. The molecular formula is C14H18N2O5. The molecule has 7 nitrogen and oxygen atoms in total. The summed E-state index contributed by atoms with van der Waals surface area (Å²) in [6, 6.07) is 6.77. The maximum atomic E-state index is 11.4. The van der Waals surface area contributed by atoms with Crippen molar-refractivity contribution in [1.82, 2.24) is 10.6 Å². The lowest BCUT2D eigenvalue weighted by Gasteiger charge is -2.07. The van der Waals surface area contributed by atoms with Gasteiger partial charge in [-0.05, 0) is 24.6 Å². The Kier molecular flexibility index (Phi) is 6.73. The molecule has 0 aliphatic heterocycles. The second-order valence-electron chi connectivity index (χ2n) is 4.20. The quantitative estimate of drug-likeness (QED) is 0.756. The maximum absolute atomic E-state index is 11.4. The molecular weight excluding hydrogens is 276 g/mol. The minimum atomic E-state index is -0.692. The second kappa shape index (κ2) is 8.57. The molecule has 0 aromatic heterocycles. The van der Waals surface area contributed by atoms with Gasteiger partial charge >= 0.3 is 12.0 Å². The van der Waals surface area contributed by atoms with Crippen molar-refractivity contribution in [3.63, 3.8) is 0 Å². The normalized spacial score (nSPS) is 9.62. The molecule has 0 atom stereocenters. The van der Waals surface area contributed by atoms with Gasteiger partial charge in [0.1, 0.15) is 5.75 Å². The van der Waals surface area contributed by atoms with E-state index < -0.39 is 24.5 Å². The van der Waals surface area contributed by atoms with Crippen molar-refractivity contribution in [2.75, 3.05) is 20.3 Å². The molecule has 0 spiro atoms. The Bertz CT molecular complexity index is 516. The number of esters is 1. The van der Waals surface area contributed by atoms with Gasteiger partial charge in [-0.1, -0.05) is 12.1 Å². The van der Waals surface area contributed by atoms with Gasteiger partial charge in [-0.15, -0.1) is 0 Å². The zero-order chi connectivity index (χ0) is 15.7. The van der Waals surface area contributed by atoms with Crippen LogP contribution in [0, 0.1) is 6.92 Å². The number of nitrogens with one attached hydrogen (secondary N) is 2. The summed E-state index contributed by atoms with van der Waals surface area (Å²) in [5.74, 6) is -0.600. The third-order valence-corrected chi connectivity index (χ3v) is 2.41. The molecule has 0 radical (unpaired) electrons. The van der Waals surface area contributed by atoms with Crippen LogP contribution in [0.1, 0.15) is 12.0 Å². The maximum Gasteiger partial charge on any atom is 0.321 e. The van der Waals surface area contributed by atoms with Crippen molar-refractivity contribution >= 4 is 17.9 Å². The molecule has 3 amide bonds. The molecule has 0 saturated heterocycles. The molecule has 21 heavy (non-hydrogen) atoms. The zero-order valence-electron chi connectivity index (χ0n) is 12.0. The first-order valence-electron chi connectivity index (χ1n) is 6.38. The molecule has 1 rings (SSSR count). The summed E-state index contributed by atoms with van der Waals surface area (Å²) in [4.78, 5) is 33.4. The number of urea groups is 1. The highest BCUT2D eigenvalue weighted by molar-refractivity contribution is 5.95. The lowest BCUT2D eigenvalue weighted by Crippen LogP contribution is -2.39. The van der Waals surface area contributed by atoms with Crippen LogP contribution in [0.2, 0.25) is 0 Å². The van der Waals surface area contributed by atoms with Crippen LogP contribution in [0.5, 0.6) is 5.75 Å². The van der Waals surface area contributed by atoms with Crippen LogP contribution in [-0.4, -0.2) is 38.2 Å². The lowest BCUT2D eigenvalue weighted by atomic mass is 10.2. The Labute approximate surface area is 122 Å². The highest BCUT2D eigenvalue weighted by Crippen LogP contribution is 2.12. The third kappa shape index (κ3) is 6.95. The molecule has 0 fully saturated rings. The number of carbonyl (C=O) groups excluding carboxylic acids is 3.